The molecule has 2 aromatic carbocycles. The zero-order valence-electron chi connectivity index (χ0n) is 13.3. The smallest absolute Gasteiger partial charge is 0.106 e. The highest BCUT2D eigenvalue weighted by atomic mass is 28.3. The second-order valence-corrected chi connectivity index (χ2v) is 10.2. The number of rotatable bonds is 4. The summed E-state index contributed by atoms with van der Waals surface area (Å²) in [6.07, 6.45) is 6.84. The van der Waals surface area contributed by atoms with E-state index in [0.717, 1.165) is 12.8 Å². The van der Waals surface area contributed by atoms with E-state index in [4.69, 9.17) is 0 Å². The van der Waals surface area contributed by atoms with Crippen LogP contribution in [0, 0.1) is 0 Å². The molecule has 0 atom stereocenters. The fourth-order valence-electron chi connectivity index (χ4n) is 3.91. The number of allylic oxidation sites excluding steroid dienone is 2. The average molecular weight is 312 g/mol. The predicted molar refractivity (Wildman–Crippen MR) is 102 cm³/mol. The van der Waals surface area contributed by atoms with Crippen LogP contribution in [0.1, 0.15) is 22.3 Å². The number of benzene rings is 2. The van der Waals surface area contributed by atoms with Crippen LogP contribution in [0.15, 0.2) is 83.5 Å². The van der Waals surface area contributed by atoms with Crippen LogP contribution in [-0.2, 0) is 12.8 Å². The number of hydrogen-bond donors (Lipinski definition) is 0. The van der Waals surface area contributed by atoms with Crippen molar-refractivity contribution in [2.75, 3.05) is 0 Å². The van der Waals surface area contributed by atoms with Gasteiger partial charge < -0.3 is 0 Å². The van der Waals surface area contributed by atoms with Crippen LogP contribution in [0.4, 0.5) is 0 Å². The Morgan fingerprint density at radius 2 is 1.13 bits per heavy atom. The first kappa shape index (κ1) is 14.2. The first-order valence-electron chi connectivity index (χ1n) is 8.12. The molecule has 0 amide bonds. The molecule has 1 heteroatoms. The molecule has 0 aromatic heterocycles. The number of fused-ring (bicyclic) bond motifs is 2. The van der Waals surface area contributed by atoms with Crippen molar-refractivity contribution in [2.45, 2.75) is 12.8 Å². The second kappa shape index (κ2) is 5.36. The zero-order valence-corrected chi connectivity index (χ0v) is 14.3. The van der Waals surface area contributed by atoms with Crippen LogP contribution >= 0.6 is 0 Å². The van der Waals surface area contributed by atoms with Crippen LogP contribution in [0.25, 0.3) is 12.2 Å². The molecule has 0 heterocycles. The topological polar surface area (TPSA) is 0 Å². The second-order valence-electron chi connectivity index (χ2n) is 6.37. The van der Waals surface area contributed by atoms with Crippen molar-refractivity contribution in [2.24, 2.45) is 0 Å². The highest BCUT2D eigenvalue weighted by Crippen LogP contribution is 2.40. The summed E-state index contributed by atoms with van der Waals surface area (Å²) in [4.78, 5) is 0. The van der Waals surface area contributed by atoms with Gasteiger partial charge in [0.15, 0.2) is 8.07 Å². The SMILES string of the molecule is C=C[Si](C=C)(C1=Cc2ccccc2C1)C1=Cc2ccccc2C1. The lowest BCUT2D eigenvalue weighted by molar-refractivity contribution is 1.24. The molecule has 0 N–H and O–H groups in total. The van der Waals surface area contributed by atoms with E-state index < -0.39 is 8.07 Å². The van der Waals surface area contributed by atoms with Crippen LogP contribution < -0.4 is 0 Å². The van der Waals surface area contributed by atoms with Gasteiger partial charge in [-0.15, -0.1) is 13.2 Å². The van der Waals surface area contributed by atoms with E-state index in [2.05, 4.69) is 85.2 Å². The van der Waals surface area contributed by atoms with Crippen molar-refractivity contribution in [1.29, 1.82) is 0 Å². The quantitative estimate of drug-likeness (QED) is 0.677. The van der Waals surface area contributed by atoms with Crippen LogP contribution in [0.3, 0.4) is 0 Å². The predicted octanol–water partition coefficient (Wildman–Crippen LogP) is 5.24. The third-order valence-electron chi connectivity index (χ3n) is 5.24. The molecule has 0 spiro atoms. The van der Waals surface area contributed by atoms with E-state index in [1.165, 1.54) is 32.6 Å². The molecule has 0 unspecified atom stereocenters. The maximum Gasteiger partial charge on any atom is 0.156 e. The van der Waals surface area contributed by atoms with Gasteiger partial charge in [-0.3, -0.25) is 0 Å². The third kappa shape index (κ3) is 2.12. The van der Waals surface area contributed by atoms with E-state index in [0.29, 0.717) is 0 Å². The van der Waals surface area contributed by atoms with E-state index >= 15 is 0 Å². The Morgan fingerprint density at radius 1 is 0.696 bits per heavy atom. The summed E-state index contributed by atoms with van der Waals surface area (Å²) in [5, 5.41) is 3.03. The first-order chi connectivity index (χ1) is 11.3. The minimum absolute atomic E-state index is 1.04. The van der Waals surface area contributed by atoms with Gasteiger partial charge in [0.1, 0.15) is 0 Å². The molecule has 0 aliphatic heterocycles. The minimum Gasteiger partial charge on any atom is -0.106 e. The molecular formula is C22H20Si. The van der Waals surface area contributed by atoms with E-state index in [-0.39, 0.29) is 0 Å². The van der Waals surface area contributed by atoms with Gasteiger partial charge in [0.25, 0.3) is 0 Å². The molecule has 112 valence electrons. The van der Waals surface area contributed by atoms with E-state index in [1.807, 2.05) is 0 Å². The fourth-order valence-corrected chi connectivity index (χ4v) is 7.29. The van der Waals surface area contributed by atoms with Gasteiger partial charge in [0.2, 0.25) is 0 Å². The molecule has 2 aliphatic rings. The standard InChI is InChI=1S/C22H20Si/c1-3-23(4-2,21-13-17-9-5-6-10-18(17)14-21)22-15-19-11-7-8-12-20(19)16-22/h3-13,15H,1-2,14,16H2. The average Bonchev–Trinajstić information content (AvgIpc) is 3.21. The Bertz CT molecular complexity index is 794. The maximum absolute atomic E-state index is 4.23. The Balaban J connectivity index is 1.78. The van der Waals surface area contributed by atoms with Gasteiger partial charge in [-0.1, -0.05) is 82.5 Å². The molecule has 2 aromatic rings. The Morgan fingerprint density at radius 3 is 1.52 bits per heavy atom. The normalized spacial score (nSPS) is 15.5. The van der Waals surface area contributed by atoms with Crippen molar-refractivity contribution in [3.05, 3.63) is 106 Å². The summed E-state index contributed by atoms with van der Waals surface area (Å²) in [6.45, 7) is 8.46. The molecule has 0 fully saturated rings. The van der Waals surface area contributed by atoms with Crippen molar-refractivity contribution in [1.82, 2.24) is 0 Å². The van der Waals surface area contributed by atoms with Gasteiger partial charge in [-0.25, -0.2) is 0 Å². The van der Waals surface area contributed by atoms with Crippen molar-refractivity contribution >= 4 is 20.2 Å². The van der Waals surface area contributed by atoms with Gasteiger partial charge in [-0.05, 0) is 35.1 Å². The zero-order chi connectivity index (χ0) is 15.9. The Hall–Kier alpha value is -2.38. The minimum atomic E-state index is -2.02. The summed E-state index contributed by atoms with van der Waals surface area (Å²) >= 11 is 0. The monoisotopic (exact) mass is 312 g/mol. The molecule has 0 saturated carbocycles. The Kier molecular flexibility index (Phi) is 3.31. The molecular weight excluding hydrogens is 292 g/mol. The van der Waals surface area contributed by atoms with Crippen LogP contribution in [-0.4, -0.2) is 8.07 Å². The lowest BCUT2D eigenvalue weighted by Crippen LogP contribution is -2.36. The molecule has 0 saturated heterocycles. The summed E-state index contributed by atoms with van der Waals surface area (Å²) in [6, 6.07) is 17.4. The summed E-state index contributed by atoms with van der Waals surface area (Å²) in [7, 11) is -2.02. The maximum atomic E-state index is 4.23. The fraction of sp³-hybridized carbons (Fsp3) is 0.0909. The van der Waals surface area contributed by atoms with Gasteiger partial charge in [0.05, 0.1) is 0 Å². The van der Waals surface area contributed by atoms with Crippen LogP contribution in [0.2, 0.25) is 0 Å². The largest absolute Gasteiger partial charge is 0.156 e. The molecule has 2 aliphatic carbocycles. The van der Waals surface area contributed by atoms with E-state index in [1.54, 1.807) is 0 Å². The lowest BCUT2D eigenvalue weighted by Gasteiger charge is -2.28. The molecule has 4 rings (SSSR count). The van der Waals surface area contributed by atoms with Gasteiger partial charge in [-0.2, -0.15) is 0 Å². The first-order valence-corrected chi connectivity index (χ1v) is 10.3. The highest BCUT2D eigenvalue weighted by Gasteiger charge is 2.38. The highest BCUT2D eigenvalue weighted by molar-refractivity contribution is 7.01. The van der Waals surface area contributed by atoms with Crippen molar-refractivity contribution in [3.8, 4) is 0 Å². The summed E-state index contributed by atoms with van der Waals surface area (Å²) < 4.78 is 0. The third-order valence-corrected chi connectivity index (χ3v) is 9.29. The molecule has 23 heavy (non-hydrogen) atoms. The number of hydrogen-bond acceptors (Lipinski definition) is 0. The molecule has 0 nitrogen and oxygen atoms in total. The van der Waals surface area contributed by atoms with Crippen molar-refractivity contribution in [3.63, 3.8) is 0 Å². The molecule has 0 radical (unpaired) electrons. The summed E-state index contributed by atoms with van der Waals surface area (Å²) in [5.41, 5.74) is 9.99. The van der Waals surface area contributed by atoms with Gasteiger partial charge in [0, 0.05) is 0 Å². The van der Waals surface area contributed by atoms with E-state index in [9.17, 15) is 0 Å². The van der Waals surface area contributed by atoms with Crippen LogP contribution in [0.5, 0.6) is 0 Å². The van der Waals surface area contributed by atoms with Crippen molar-refractivity contribution < 1.29 is 0 Å². The summed E-state index contributed by atoms with van der Waals surface area (Å²) in [5.74, 6) is 0. The molecule has 0 bridgehead atoms. The lowest BCUT2D eigenvalue weighted by atomic mass is 10.1. The Labute approximate surface area is 139 Å². The van der Waals surface area contributed by atoms with Gasteiger partial charge >= 0.3 is 0 Å².